The van der Waals surface area contributed by atoms with E-state index in [4.69, 9.17) is 0 Å². The number of rotatable bonds is 4. The Hall–Kier alpha value is -3.74. The van der Waals surface area contributed by atoms with E-state index in [1.807, 2.05) is 30.4 Å². The molecule has 1 heterocycles. The van der Waals surface area contributed by atoms with Crippen LogP contribution in [0.4, 0.5) is 5.69 Å². The molecule has 7 heteroatoms. The number of hydrogen-bond donors (Lipinski definition) is 1. The smallest absolute Gasteiger partial charge is 0.274 e. The second kappa shape index (κ2) is 7.71. The van der Waals surface area contributed by atoms with E-state index in [1.165, 1.54) is 29.0 Å². The van der Waals surface area contributed by atoms with Crippen molar-refractivity contribution in [2.45, 2.75) is 26.2 Å². The number of benzene rings is 2. The molecule has 0 radical (unpaired) electrons. The Morgan fingerprint density at radius 3 is 2.21 bits per heavy atom. The summed E-state index contributed by atoms with van der Waals surface area (Å²) in [7, 11) is 0. The molecular formula is C22H21N3O4. The minimum absolute atomic E-state index is 0.0385. The monoisotopic (exact) mass is 391 g/mol. The van der Waals surface area contributed by atoms with E-state index in [9.17, 15) is 19.7 Å². The van der Waals surface area contributed by atoms with Crippen molar-refractivity contribution >= 4 is 17.8 Å². The second-order valence-electron chi connectivity index (χ2n) is 7.73. The molecule has 0 atom stereocenters. The lowest BCUT2D eigenvalue weighted by Crippen LogP contribution is -2.27. The third-order valence-electron chi connectivity index (χ3n) is 4.48. The summed E-state index contributed by atoms with van der Waals surface area (Å²) in [6.45, 7) is 6.22. The van der Waals surface area contributed by atoms with Crippen molar-refractivity contribution in [2.24, 2.45) is 0 Å². The van der Waals surface area contributed by atoms with Crippen LogP contribution in [0.5, 0.6) is 0 Å². The first-order valence-corrected chi connectivity index (χ1v) is 9.04. The Morgan fingerprint density at radius 1 is 0.966 bits per heavy atom. The van der Waals surface area contributed by atoms with Gasteiger partial charge in [-0.3, -0.25) is 24.5 Å². The van der Waals surface area contributed by atoms with Gasteiger partial charge >= 0.3 is 5.69 Å². The van der Waals surface area contributed by atoms with Crippen molar-refractivity contribution in [3.8, 4) is 5.69 Å². The maximum Gasteiger partial charge on any atom is 0.332 e. The summed E-state index contributed by atoms with van der Waals surface area (Å²) < 4.78 is 1.39. The lowest BCUT2D eigenvalue weighted by atomic mass is 9.85. The van der Waals surface area contributed by atoms with Gasteiger partial charge in [0.25, 0.3) is 11.2 Å². The first-order chi connectivity index (χ1) is 13.6. The van der Waals surface area contributed by atoms with Gasteiger partial charge in [0, 0.05) is 24.4 Å². The summed E-state index contributed by atoms with van der Waals surface area (Å²) in [6.07, 6.45) is 5.19. The first kappa shape index (κ1) is 20.0. The molecule has 3 rings (SSSR count). The fraction of sp³-hybridized carbons (Fsp3) is 0.182. The van der Waals surface area contributed by atoms with Crippen molar-refractivity contribution < 1.29 is 4.92 Å². The van der Waals surface area contributed by atoms with E-state index in [1.54, 1.807) is 12.1 Å². The molecule has 0 amide bonds. The topological polar surface area (TPSA) is 98.0 Å². The molecule has 0 aliphatic rings. The molecule has 7 nitrogen and oxygen atoms in total. The fourth-order valence-electron chi connectivity index (χ4n) is 2.82. The molecule has 1 N–H and O–H groups in total. The molecule has 0 aliphatic carbocycles. The summed E-state index contributed by atoms with van der Waals surface area (Å²) in [4.78, 5) is 36.2. The highest BCUT2D eigenvalue weighted by Crippen LogP contribution is 2.26. The number of nitrogens with one attached hydrogen (secondary N) is 1. The number of nitro groups is 1. The summed E-state index contributed by atoms with van der Waals surface area (Å²) in [5.74, 6) is 0. The van der Waals surface area contributed by atoms with Crippen molar-refractivity contribution in [3.05, 3.63) is 102 Å². The normalized spacial score (nSPS) is 11.7. The quantitative estimate of drug-likeness (QED) is 0.414. The van der Waals surface area contributed by atoms with Gasteiger partial charge in [-0.25, -0.2) is 4.79 Å². The Balaban J connectivity index is 2.05. The molecule has 0 aliphatic heterocycles. The molecule has 0 bridgehead atoms. The summed E-state index contributed by atoms with van der Waals surface area (Å²) in [6, 6.07) is 13.4. The van der Waals surface area contributed by atoms with Gasteiger partial charge in [-0.2, -0.15) is 0 Å². The highest BCUT2D eigenvalue weighted by atomic mass is 16.6. The van der Waals surface area contributed by atoms with Gasteiger partial charge in [-0.1, -0.05) is 39.0 Å². The molecule has 0 unspecified atom stereocenters. The predicted molar refractivity (Wildman–Crippen MR) is 113 cm³/mol. The average Bonchev–Trinajstić information content (AvgIpc) is 2.65. The second-order valence-corrected chi connectivity index (χ2v) is 7.73. The lowest BCUT2D eigenvalue weighted by molar-refractivity contribution is -0.384. The number of nitro benzene ring substituents is 1. The zero-order valence-corrected chi connectivity index (χ0v) is 16.4. The average molecular weight is 391 g/mol. The third kappa shape index (κ3) is 4.76. The van der Waals surface area contributed by atoms with E-state index < -0.39 is 16.2 Å². The Kier molecular flexibility index (Phi) is 5.32. The number of nitrogens with zero attached hydrogens (tertiary/aromatic N) is 2. The number of H-pyrrole nitrogens is 1. The van der Waals surface area contributed by atoms with Crippen LogP contribution in [0.15, 0.2) is 64.3 Å². The van der Waals surface area contributed by atoms with Gasteiger partial charge < -0.3 is 0 Å². The van der Waals surface area contributed by atoms with Gasteiger partial charge in [0.15, 0.2) is 0 Å². The summed E-state index contributed by atoms with van der Waals surface area (Å²) in [5.41, 5.74) is 2.28. The van der Waals surface area contributed by atoms with Crippen molar-refractivity contribution in [2.75, 3.05) is 0 Å². The van der Waals surface area contributed by atoms with Crippen LogP contribution in [0, 0.1) is 10.1 Å². The standard InChI is InChI=1S/C22H21N3O4/c1-22(2,3)17-12-16(5-4-15-6-8-18(9-7-15)25(28)29)13-19(14-17)24-11-10-20(26)23-21(24)27/h4-14H,1-3H3,(H,23,26,27). The summed E-state index contributed by atoms with van der Waals surface area (Å²) in [5, 5.41) is 10.8. The van der Waals surface area contributed by atoms with Gasteiger partial charge in [-0.05, 0) is 46.4 Å². The first-order valence-electron chi connectivity index (χ1n) is 9.04. The molecule has 0 saturated carbocycles. The van der Waals surface area contributed by atoms with Gasteiger partial charge in [0.2, 0.25) is 0 Å². The van der Waals surface area contributed by atoms with Gasteiger partial charge in [0.05, 0.1) is 10.6 Å². The lowest BCUT2D eigenvalue weighted by Gasteiger charge is -2.21. The molecule has 2 aromatic carbocycles. The van der Waals surface area contributed by atoms with E-state index in [0.29, 0.717) is 5.69 Å². The highest BCUT2D eigenvalue weighted by molar-refractivity contribution is 5.71. The minimum Gasteiger partial charge on any atom is -0.274 e. The molecule has 1 aromatic heterocycles. The Morgan fingerprint density at radius 2 is 1.62 bits per heavy atom. The van der Waals surface area contributed by atoms with E-state index in [-0.39, 0.29) is 11.1 Å². The van der Waals surface area contributed by atoms with Crippen LogP contribution in [0.1, 0.15) is 37.5 Å². The minimum atomic E-state index is -0.506. The number of non-ortho nitro benzene ring substituents is 1. The highest BCUT2D eigenvalue weighted by Gasteiger charge is 2.16. The zero-order valence-electron chi connectivity index (χ0n) is 16.4. The number of hydrogen-bond acceptors (Lipinski definition) is 4. The van der Waals surface area contributed by atoms with Gasteiger partial charge in [-0.15, -0.1) is 0 Å². The van der Waals surface area contributed by atoms with Crippen LogP contribution < -0.4 is 11.2 Å². The van der Waals surface area contributed by atoms with Crippen LogP contribution in [0.25, 0.3) is 17.8 Å². The van der Waals surface area contributed by atoms with Crippen molar-refractivity contribution in [1.82, 2.24) is 9.55 Å². The van der Waals surface area contributed by atoms with E-state index in [0.717, 1.165) is 16.7 Å². The molecular weight excluding hydrogens is 370 g/mol. The van der Waals surface area contributed by atoms with Crippen LogP contribution in [0.2, 0.25) is 0 Å². The van der Waals surface area contributed by atoms with Crippen LogP contribution in [-0.2, 0) is 5.41 Å². The van der Waals surface area contributed by atoms with Crippen LogP contribution >= 0.6 is 0 Å². The van der Waals surface area contributed by atoms with Crippen LogP contribution in [0.3, 0.4) is 0 Å². The van der Waals surface area contributed by atoms with Crippen LogP contribution in [-0.4, -0.2) is 14.5 Å². The zero-order chi connectivity index (χ0) is 21.2. The molecule has 0 spiro atoms. The molecule has 0 saturated heterocycles. The van der Waals surface area contributed by atoms with E-state index in [2.05, 4.69) is 25.8 Å². The molecule has 3 aromatic rings. The third-order valence-corrected chi connectivity index (χ3v) is 4.48. The summed E-state index contributed by atoms with van der Waals surface area (Å²) >= 11 is 0. The Bertz CT molecular complexity index is 1200. The largest absolute Gasteiger partial charge is 0.332 e. The van der Waals surface area contributed by atoms with E-state index >= 15 is 0 Å². The van der Waals surface area contributed by atoms with Crippen molar-refractivity contribution in [3.63, 3.8) is 0 Å². The Labute approximate surface area is 167 Å². The number of aromatic amines is 1. The molecule has 148 valence electrons. The maximum absolute atomic E-state index is 12.2. The van der Waals surface area contributed by atoms with Crippen molar-refractivity contribution in [1.29, 1.82) is 0 Å². The fourth-order valence-corrected chi connectivity index (χ4v) is 2.82. The molecule has 29 heavy (non-hydrogen) atoms. The predicted octanol–water partition coefficient (Wildman–Crippen LogP) is 3.90. The number of aromatic nitrogens is 2. The SMILES string of the molecule is CC(C)(C)c1cc(C=Cc2ccc([N+](=O)[O-])cc2)cc(-n2ccc(=O)[nH]c2=O)c1. The van der Waals surface area contributed by atoms with Gasteiger partial charge in [0.1, 0.15) is 0 Å². The maximum atomic E-state index is 12.2. The molecule has 0 fully saturated rings.